The summed E-state index contributed by atoms with van der Waals surface area (Å²) in [6, 6.07) is 18.8. The molecule has 0 saturated carbocycles. The third-order valence-electron chi connectivity index (χ3n) is 3.99. The Hall–Kier alpha value is -2.28. The monoisotopic (exact) mass is 261 g/mol. The lowest BCUT2D eigenvalue weighted by atomic mass is 9.80. The molecule has 1 aliphatic rings. The zero-order chi connectivity index (χ0) is 13.9. The topological polar surface area (TPSA) is 26.0 Å². The van der Waals surface area contributed by atoms with Gasteiger partial charge in [0.1, 0.15) is 0 Å². The van der Waals surface area contributed by atoms with Gasteiger partial charge >= 0.3 is 0 Å². The minimum Gasteiger partial charge on any atom is -0.398 e. The molecule has 1 aliphatic carbocycles. The van der Waals surface area contributed by atoms with E-state index in [1.165, 1.54) is 16.7 Å². The van der Waals surface area contributed by atoms with Gasteiger partial charge in [0.15, 0.2) is 0 Å². The maximum Gasteiger partial charge on any atom is 0.0426 e. The molecular weight excluding hydrogens is 242 g/mol. The smallest absolute Gasteiger partial charge is 0.0426 e. The van der Waals surface area contributed by atoms with Gasteiger partial charge in [-0.25, -0.2) is 0 Å². The van der Waals surface area contributed by atoms with Crippen LogP contribution in [0.25, 0.3) is 11.8 Å². The lowest BCUT2D eigenvalue weighted by molar-refractivity contribution is 0.770. The minimum atomic E-state index is 0.386. The van der Waals surface area contributed by atoms with Crippen LogP contribution in [0.1, 0.15) is 36.0 Å². The Morgan fingerprint density at radius 2 is 1.65 bits per heavy atom. The largest absolute Gasteiger partial charge is 0.398 e. The predicted octanol–water partition coefficient (Wildman–Crippen LogP) is 4.58. The van der Waals surface area contributed by atoms with E-state index in [1.54, 1.807) is 0 Å². The normalized spacial score (nSPS) is 19.6. The maximum atomic E-state index is 6.42. The number of rotatable bonds is 2. The van der Waals surface area contributed by atoms with E-state index < -0.39 is 0 Å². The van der Waals surface area contributed by atoms with Crippen molar-refractivity contribution in [2.24, 2.45) is 5.73 Å². The zero-order valence-electron chi connectivity index (χ0n) is 11.7. The molecule has 0 saturated heterocycles. The van der Waals surface area contributed by atoms with Crippen LogP contribution in [-0.2, 0) is 0 Å². The highest BCUT2D eigenvalue weighted by Crippen LogP contribution is 2.38. The Balaban J connectivity index is 2.12. The second-order valence-electron chi connectivity index (χ2n) is 5.16. The predicted molar refractivity (Wildman–Crippen MR) is 86.1 cm³/mol. The first-order valence-corrected chi connectivity index (χ1v) is 7.13. The van der Waals surface area contributed by atoms with Gasteiger partial charge in [-0.2, -0.15) is 0 Å². The van der Waals surface area contributed by atoms with Crippen molar-refractivity contribution in [2.45, 2.75) is 19.3 Å². The molecule has 0 aliphatic heterocycles. The average molecular weight is 261 g/mol. The van der Waals surface area contributed by atoms with Crippen LogP contribution in [0.2, 0.25) is 0 Å². The van der Waals surface area contributed by atoms with E-state index in [1.807, 2.05) is 18.2 Å². The molecule has 0 radical (unpaired) electrons. The van der Waals surface area contributed by atoms with Crippen molar-refractivity contribution in [3.63, 3.8) is 0 Å². The number of benzene rings is 2. The molecule has 3 rings (SSSR count). The molecule has 0 aromatic heterocycles. The lowest BCUT2D eigenvalue weighted by Gasteiger charge is -2.25. The van der Waals surface area contributed by atoms with Gasteiger partial charge in [-0.1, -0.05) is 73.7 Å². The fraction of sp³-hybridized carbons (Fsp3) is 0.158. The quantitative estimate of drug-likeness (QED) is 0.841. The Kier molecular flexibility index (Phi) is 3.42. The van der Waals surface area contributed by atoms with Gasteiger partial charge in [0, 0.05) is 11.6 Å². The molecule has 0 heterocycles. The van der Waals surface area contributed by atoms with Gasteiger partial charge in [0.05, 0.1) is 0 Å². The van der Waals surface area contributed by atoms with Gasteiger partial charge in [-0.05, 0) is 28.7 Å². The van der Waals surface area contributed by atoms with E-state index in [0.717, 1.165) is 17.7 Å². The molecule has 2 aromatic carbocycles. The van der Waals surface area contributed by atoms with E-state index >= 15 is 0 Å². The van der Waals surface area contributed by atoms with Gasteiger partial charge in [-0.3, -0.25) is 0 Å². The third-order valence-corrected chi connectivity index (χ3v) is 3.99. The number of hydrogen-bond acceptors (Lipinski definition) is 1. The molecule has 20 heavy (non-hydrogen) atoms. The zero-order valence-corrected chi connectivity index (χ0v) is 11.7. The standard InChI is InChI=1S/C19H19N/c1-2-16-17-11-7-6-8-14(17)12-13-18(16)19(20)15-9-4-3-5-10-15/h3-13,16H,2,20H2,1H3/b19-18-. The van der Waals surface area contributed by atoms with Crippen LogP contribution in [0.15, 0.2) is 66.2 Å². The molecule has 0 bridgehead atoms. The van der Waals surface area contributed by atoms with Crippen molar-refractivity contribution in [2.75, 3.05) is 0 Å². The first-order chi connectivity index (χ1) is 9.81. The van der Waals surface area contributed by atoms with Crippen LogP contribution in [0, 0.1) is 0 Å². The minimum absolute atomic E-state index is 0.386. The first-order valence-electron chi connectivity index (χ1n) is 7.13. The van der Waals surface area contributed by atoms with Crippen LogP contribution in [0.4, 0.5) is 0 Å². The van der Waals surface area contributed by atoms with Crippen LogP contribution in [0.3, 0.4) is 0 Å². The molecule has 100 valence electrons. The summed E-state index contributed by atoms with van der Waals surface area (Å²) in [5.74, 6) is 0.386. The van der Waals surface area contributed by atoms with Crippen molar-refractivity contribution in [3.05, 3.63) is 82.9 Å². The SMILES string of the molecule is CCC1/C(=C(\N)c2ccccc2)C=Cc2ccccc21. The van der Waals surface area contributed by atoms with Crippen molar-refractivity contribution in [1.82, 2.24) is 0 Å². The molecule has 1 atom stereocenters. The summed E-state index contributed by atoms with van der Waals surface area (Å²) in [7, 11) is 0. The highest BCUT2D eigenvalue weighted by Gasteiger charge is 2.21. The summed E-state index contributed by atoms with van der Waals surface area (Å²) >= 11 is 0. The van der Waals surface area contributed by atoms with Crippen LogP contribution >= 0.6 is 0 Å². The van der Waals surface area contributed by atoms with Gasteiger partial charge in [0.25, 0.3) is 0 Å². The van der Waals surface area contributed by atoms with Crippen LogP contribution in [-0.4, -0.2) is 0 Å². The lowest BCUT2D eigenvalue weighted by Crippen LogP contribution is -2.11. The summed E-state index contributed by atoms with van der Waals surface area (Å²) in [6.07, 6.45) is 5.41. The van der Waals surface area contributed by atoms with Crippen LogP contribution < -0.4 is 5.73 Å². The summed E-state index contributed by atoms with van der Waals surface area (Å²) < 4.78 is 0. The second-order valence-corrected chi connectivity index (χ2v) is 5.16. The molecule has 1 unspecified atom stereocenters. The van der Waals surface area contributed by atoms with E-state index in [9.17, 15) is 0 Å². The average Bonchev–Trinajstić information content (AvgIpc) is 2.54. The van der Waals surface area contributed by atoms with E-state index in [2.05, 4.69) is 55.5 Å². The fourth-order valence-corrected chi connectivity index (χ4v) is 2.94. The number of hydrogen-bond donors (Lipinski definition) is 1. The summed E-state index contributed by atoms with van der Waals surface area (Å²) in [5, 5.41) is 0. The number of allylic oxidation sites excluding steroid dienone is 2. The molecular formula is C19H19N. The molecule has 0 fully saturated rings. The van der Waals surface area contributed by atoms with Gasteiger partial charge in [-0.15, -0.1) is 0 Å². The molecule has 1 nitrogen and oxygen atoms in total. The highest BCUT2D eigenvalue weighted by molar-refractivity contribution is 5.76. The third kappa shape index (κ3) is 2.16. The molecule has 0 spiro atoms. The van der Waals surface area contributed by atoms with E-state index in [4.69, 9.17) is 5.73 Å². The van der Waals surface area contributed by atoms with Crippen molar-refractivity contribution in [3.8, 4) is 0 Å². The molecule has 2 N–H and O–H groups in total. The van der Waals surface area contributed by atoms with Crippen molar-refractivity contribution >= 4 is 11.8 Å². The Labute approximate surface area is 120 Å². The summed E-state index contributed by atoms with van der Waals surface area (Å²) in [6.45, 7) is 2.22. The first kappa shape index (κ1) is 12.7. The number of nitrogens with two attached hydrogens (primary N) is 1. The van der Waals surface area contributed by atoms with E-state index in [-0.39, 0.29) is 0 Å². The highest BCUT2D eigenvalue weighted by atomic mass is 14.6. The Bertz CT molecular complexity index is 665. The molecule has 1 heteroatoms. The van der Waals surface area contributed by atoms with Crippen LogP contribution in [0.5, 0.6) is 0 Å². The fourth-order valence-electron chi connectivity index (χ4n) is 2.94. The van der Waals surface area contributed by atoms with Crippen molar-refractivity contribution < 1.29 is 0 Å². The summed E-state index contributed by atoms with van der Waals surface area (Å²) in [4.78, 5) is 0. The maximum absolute atomic E-state index is 6.42. The Morgan fingerprint density at radius 3 is 2.40 bits per heavy atom. The van der Waals surface area contributed by atoms with Crippen molar-refractivity contribution in [1.29, 1.82) is 0 Å². The second kappa shape index (κ2) is 5.38. The number of fused-ring (bicyclic) bond motifs is 1. The molecule has 0 amide bonds. The summed E-state index contributed by atoms with van der Waals surface area (Å²) in [5.41, 5.74) is 12.3. The molecule has 2 aromatic rings. The van der Waals surface area contributed by atoms with Gasteiger partial charge < -0.3 is 5.73 Å². The van der Waals surface area contributed by atoms with Gasteiger partial charge in [0.2, 0.25) is 0 Å². The Morgan fingerprint density at radius 1 is 0.950 bits per heavy atom. The van der Waals surface area contributed by atoms with E-state index in [0.29, 0.717) is 5.92 Å².